The average molecular weight is 471 g/mol. The van der Waals surface area contributed by atoms with Gasteiger partial charge in [-0.1, -0.05) is 63.1 Å². The highest BCUT2D eigenvalue weighted by molar-refractivity contribution is 5.79. The molecule has 0 saturated heterocycles. The summed E-state index contributed by atoms with van der Waals surface area (Å²) in [5.41, 5.74) is 4.12. The molecule has 1 aliphatic rings. The number of benzene rings is 2. The zero-order chi connectivity index (χ0) is 24.2. The Kier molecular flexibility index (Phi) is 7.04. The highest BCUT2D eigenvalue weighted by atomic mass is 16.1. The van der Waals surface area contributed by atoms with Crippen LogP contribution in [0.25, 0.3) is 10.9 Å². The van der Waals surface area contributed by atoms with Gasteiger partial charge in [0.2, 0.25) is 0 Å². The molecule has 1 N–H and O–H groups in total. The van der Waals surface area contributed by atoms with Gasteiger partial charge in [0.1, 0.15) is 0 Å². The maximum absolute atomic E-state index is 13.1. The second-order valence-corrected chi connectivity index (χ2v) is 9.61. The van der Waals surface area contributed by atoms with E-state index in [0.29, 0.717) is 19.1 Å². The molecule has 35 heavy (non-hydrogen) atoms. The Balaban J connectivity index is 1.50. The molecule has 2 aromatic heterocycles. The van der Waals surface area contributed by atoms with Gasteiger partial charge in [-0.15, -0.1) is 5.10 Å². The van der Waals surface area contributed by atoms with E-state index in [4.69, 9.17) is 0 Å². The summed E-state index contributed by atoms with van der Waals surface area (Å²) in [7, 11) is 0. The number of fused-ring (bicyclic) bond motifs is 1. The first-order valence-electron chi connectivity index (χ1n) is 12.9. The monoisotopic (exact) mass is 470 g/mol. The van der Waals surface area contributed by atoms with Gasteiger partial charge in [-0.3, -0.25) is 9.69 Å². The second-order valence-electron chi connectivity index (χ2n) is 9.61. The van der Waals surface area contributed by atoms with Crippen LogP contribution in [0.5, 0.6) is 0 Å². The first-order chi connectivity index (χ1) is 17.2. The summed E-state index contributed by atoms with van der Waals surface area (Å²) in [6.07, 6.45) is 6.57. The molecule has 7 nitrogen and oxygen atoms in total. The van der Waals surface area contributed by atoms with Crippen LogP contribution in [-0.4, -0.2) is 36.1 Å². The lowest BCUT2D eigenvalue weighted by Gasteiger charge is -2.35. The maximum Gasteiger partial charge on any atom is 0.252 e. The molecule has 1 fully saturated rings. The number of aryl methyl sites for hydroxylation is 1. The second kappa shape index (κ2) is 10.5. The number of aromatic nitrogens is 5. The van der Waals surface area contributed by atoms with E-state index in [9.17, 15) is 4.79 Å². The molecular formula is C28H34N6O. The van der Waals surface area contributed by atoms with Crippen molar-refractivity contribution in [3.05, 3.63) is 87.5 Å². The van der Waals surface area contributed by atoms with Gasteiger partial charge < -0.3 is 4.98 Å². The predicted molar refractivity (Wildman–Crippen MR) is 138 cm³/mol. The molecule has 4 aromatic rings. The quantitative estimate of drug-likeness (QED) is 0.371. The maximum atomic E-state index is 13.1. The number of tetrazole rings is 1. The van der Waals surface area contributed by atoms with Crippen molar-refractivity contribution >= 4 is 10.9 Å². The zero-order valence-corrected chi connectivity index (χ0v) is 20.7. The van der Waals surface area contributed by atoms with E-state index in [-0.39, 0.29) is 11.6 Å². The van der Waals surface area contributed by atoms with Gasteiger partial charge in [0.25, 0.3) is 5.56 Å². The minimum atomic E-state index is -0.0107. The number of rotatable bonds is 9. The zero-order valence-electron chi connectivity index (χ0n) is 20.7. The molecule has 0 bridgehead atoms. The van der Waals surface area contributed by atoms with E-state index >= 15 is 0 Å². The fourth-order valence-corrected chi connectivity index (χ4v) is 5.45. The SMILES string of the molecule is CCc1ccc2[nH]c(=O)c(CN(C3CCCC3)C(CC)c3nnnn3Cc3ccccc3)cc2c1. The van der Waals surface area contributed by atoms with E-state index in [0.717, 1.165) is 48.0 Å². The third kappa shape index (κ3) is 5.05. The lowest BCUT2D eigenvalue weighted by Crippen LogP contribution is -2.39. The molecular weight excluding hydrogens is 436 g/mol. The summed E-state index contributed by atoms with van der Waals surface area (Å²) >= 11 is 0. The third-order valence-electron chi connectivity index (χ3n) is 7.36. The van der Waals surface area contributed by atoms with Gasteiger partial charge in [0.05, 0.1) is 12.6 Å². The van der Waals surface area contributed by atoms with E-state index in [1.54, 1.807) is 0 Å². The molecule has 0 spiro atoms. The van der Waals surface area contributed by atoms with Crippen LogP contribution in [0.2, 0.25) is 0 Å². The smallest absolute Gasteiger partial charge is 0.252 e. The number of nitrogens with zero attached hydrogens (tertiary/aromatic N) is 5. The Bertz CT molecular complexity index is 1320. The summed E-state index contributed by atoms with van der Waals surface area (Å²) < 4.78 is 1.92. The topological polar surface area (TPSA) is 79.7 Å². The molecule has 0 aliphatic heterocycles. The lowest BCUT2D eigenvalue weighted by atomic mass is 10.0. The van der Waals surface area contributed by atoms with Crippen molar-refractivity contribution in [1.82, 2.24) is 30.1 Å². The van der Waals surface area contributed by atoms with Crippen LogP contribution < -0.4 is 5.56 Å². The summed E-state index contributed by atoms with van der Waals surface area (Å²) in [4.78, 5) is 18.7. The largest absolute Gasteiger partial charge is 0.322 e. The van der Waals surface area contributed by atoms with Crippen LogP contribution in [0, 0.1) is 0 Å². The molecule has 0 radical (unpaired) electrons. The Morgan fingerprint density at radius 2 is 1.86 bits per heavy atom. The normalized spacial score (nSPS) is 15.3. The molecule has 5 rings (SSSR count). The summed E-state index contributed by atoms with van der Waals surface area (Å²) in [5, 5.41) is 14.0. The standard InChI is InChI=1S/C28H34N6O/c1-3-20-14-15-25-22(16-20)17-23(28(35)29-25)19-33(24-12-8-9-13-24)26(4-2)27-30-31-32-34(27)18-21-10-6-5-7-11-21/h5-7,10-11,14-17,24,26H,3-4,8-9,12-13,18-19H2,1-2H3,(H,29,35). The molecule has 1 aliphatic carbocycles. The van der Waals surface area contributed by atoms with Crippen molar-refractivity contribution < 1.29 is 0 Å². The number of pyridine rings is 1. The summed E-state index contributed by atoms with van der Waals surface area (Å²) in [5.74, 6) is 0.869. The van der Waals surface area contributed by atoms with Crippen molar-refractivity contribution in [2.75, 3.05) is 0 Å². The van der Waals surface area contributed by atoms with Gasteiger partial charge >= 0.3 is 0 Å². The first kappa shape index (κ1) is 23.4. The Labute approximate surface area is 206 Å². The fraction of sp³-hybridized carbons (Fsp3) is 0.429. The van der Waals surface area contributed by atoms with Gasteiger partial charge in [0.15, 0.2) is 5.82 Å². The van der Waals surface area contributed by atoms with E-state index in [1.807, 2.05) is 28.9 Å². The van der Waals surface area contributed by atoms with Crippen LogP contribution in [-0.2, 0) is 19.5 Å². The molecule has 1 unspecified atom stereocenters. The van der Waals surface area contributed by atoms with Crippen LogP contribution in [0.4, 0.5) is 0 Å². The minimum Gasteiger partial charge on any atom is -0.322 e. The van der Waals surface area contributed by atoms with E-state index < -0.39 is 0 Å². The number of H-pyrrole nitrogens is 1. The van der Waals surface area contributed by atoms with Crippen molar-refractivity contribution in [2.24, 2.45) is 0 Å². The molecule has 182 valence electrons. The number of aromatic amines is 1. The van der Waals surface area contributed by atoms with Gasteiger partial charge in [0, 0.05) is 23.7 Å². The van der Waals surface area contributed by atoms with Crippen molar-refractivity contribution in [3.63, 3.8) is 0 Å². The molecule has 1 saturated carbocycles. The molecule has 2 aromatic carbocycles. The molecule has 7 heteroatoms. The van der Waals surface area contributed by atoms with Gasteiger partial charge in [-0.2, -0.15) is 0 Å². The van der Waals surface area contributed by atoms with Gasteiger partial charge in [-0.05, 0) is 70.8 Å². The van der Waals surface area contributed by atoms with Gasteiger partial charge in [-0.25, -0.2) is 4.68 Å². The highest BCUT2D eigenvalue weighted by Gasteiger charge is 2.32. The number of hydrogen-bond donors (Lipinski definition) is 1. The highest BCUT2D eigenvalue weighted by Crippen LogP contribution is 2.33. The van der Waals surface area contributed by atoms with Crippen molar-refractivity contribution in [3.8, 4) is 0 Å². The Morgan fingerprint density at radius 1 is 1.06 bits per heavy atom. The van der Waals surface area contributed by atoms with Crippen LogP contribution >= 0.6 is 0 Å². The van der Waals surface area contributed by atoms with Crippen LogP contribution in [0.1, 0.15) is 74.5 Å². The Hall–Kier alpha value is -3.32. The molecule has 2 heterocycles. The third-order valence-corrected chi connectivity index (χ3v) is 7.36. The first-order valence-corrected chi connectivity index (χ1v) is 12.9. The van der Waals surface area contributed by atoms with E-state index in [2.05, 4.69) is 69.6 Å². The fourth-order valence-electron chi connectivity index (χ4n) is 5.45. The summed E-state index contributed by atoms with van der Waals surface area (Å²) in [6, 6.07) is 19.1. The van der Waals surface area contributed by atoms with Crippen molar-refractivity contribution in [2.45, 2.75) is 77.5 Å². The van der Waals surface area contributed by atoms with Crippen molar-refractivity contribution in [1.29, 1.82) is 0 Å². The van der Waals surface area contributed by atoms with Crippen LogP contribution in [0.15, 0.2) is 59.4 Å². The summed E-state index contributed by atoms with van der Waals surface area (Å²) in [6.45, 7) is 5.56. The Morgan fingerprint density at radius 3 is 2.60 bits per heavy atom. The van der Waals surface area contributed by atoms with Crippen LogP contribution in [0.3, 0.4) is 0 Å². The predicted octanol–water partition coefficient (Wildman–Crippen LogP) is 5.02. The number of nitrogens with one attached hydrogen (secondary N) is 1. The average Bonchev–Trinajstić information content (AvgIpc) is 3.57. The van der Waals surface area contributed by atoms with E-state index in [1.165, 1.54) is 24.0 Å². The number of hydrogen-bond acceptors (Lipinski definition) is 5. The molecule has 0 amide bonds. The molecule has 1 atom stereocenters. The lowest BCUT2D eigenvalue weighted by molar-refractivity contribution is 0.112. The minimum absolute atomic E-state index is 0.0107.